The summed E-state index contributed by atoms with van der Waals surface area (Å²) in [5, 5.41) is 20.1. The van der Waals surface area contributed by atoms with Crippen LogP contribution in [0.4, 0.5) is 4.79 Å². The first-order valence-electron chi connectivity index (χ1n) is 10.9. The molecule has 7 heteroatoms. The molecule has 0 saturated carbocycles. The molecule has 0 aliphatic rings. The van der Waals surface area contributed by atoms with Gasteiger partial charge in [-0.3, -0.25) is 4.79 Å². The van der Waals surface area contributed by atoms with E-state index in [0.717, 1.165) is 16.7 Å². The maximum absolute atomic E-state index is 13.0. The van der Waals surface area contributed by atoms with Crippen LogP contribution in [-0.2, 0) is 17.8 Å². The minimum atomic E-state index is -1.14. The molecule has 176 valence electrons. The number of rotatable bonds is 9. The van der Waals surface area contributed by atoms with Gasteiger partial charge in [-0.1, -0.05) is 78.3 Å². The van der Waals surface area contributed by atoms with E-state index in [1.807, 2.05) is 36.4 Å². The highest BCUT2D eigenvalue weighted by atomic mass is 35.5. The lowest BCUT2D eigenvalue weighted by molar-refractivity contribution is 0.0904. The summed E-state index contributed by atoms with van der Waals surface area (Å²) in [6.07, 6.45) is -0.751. The average Bonchev–Trinajstić information content (AvgIpc) is 2.83. The van der Waals surface area contributed by atoms with Crippen LogP contribution < -0.4 is 5.32 Å². The van der Waals surface area contributed by atoms with E-state index in [1.54, 1.807) is 43.3 Å². The molecular weight excluding hydrogens is 452 g/mol. The van der Waals surface area contributed by atoms with Crippen LogP contribution in [0, 0.1) is 5.41 Å². The maximum atomic E-state index is 13.0. The standard InChI is InChI=1S/C27H27ClN2O4/c1-17(29)25(30-27(33)34-18(2)23-5-3-4-6-24(23)28)26(32)22-13-11-20(12-14-22)15-19-7-9-21(16-31)10-8-19/h3-14,18,25,29,31H,15-16H2,1-2H3,(H,30,33). The van der Waals surface area contributed by atoms with Crippen LogP contribution in [-0.4, -0.2) is 28.7 Å². The molecule has 0 spiro atoms. The Labute approximate surface area is 204 Å². The minimum absolute atomic E-state index is 0.000367. The highest BCUT2D eigenvalue weighted by Gasteiger charge is 2.26. The van der Waals surface area contributed by atoms with Gasteiger partial charge in [0.15, 0.2) is 5.78 Å². The van der Waals surface area contributed by atoms with E-state index in [-0.39, 0.29) is 12.3 Å². The van der Waals surface area contributed by atoms with Crippen molar-refractivity contribution >= 4 is 29.2 Å². The molecule has 0 aromatic heterocycles. The number of Topliss-reactive ketones (excluding diaryl/α,β-unsaturated/α-hetero) is 1. The summed E-state index contributed by atoms with van der Waals surface area (Å²) in [5.41, 5.74) is 3.98. The van der Waals surface area contributed by atoms with Crippen molar-refractivity contribution in [3.8, 4) is 0 Å². The molecule has 0 bridgehead atoms. The van der Waals surface area contributed by atoms with Crippen molar-refractivity contribution in [2.45, 2.75) is 39.0 Å². The summed E-state index contributed by atoms with van der Waals surface area (Å²) in [5.74, 6) is -0.395. The van der Waals surface area contributed by atoms with E-state index in [9.17, 15) is 9.59 Å². The molecule has 0 radical (unpaired) electrons. The largest absolute Gasteiger partial charge is 0.442 e. The molecule has 2 unspecified atom stereocenters. The molecule has 0 aliphatic heterocycles. The van der Waals surface area contributed by atoms with Gasteiger partial charge >= 0.3 is 6.09 Å². The molecule has 3 rings (SSSR count). The van der Waals surface area contributed by atoms with Crippen LogP contribution in [0.2, 0.25) is 5.02 Å². The number of aliphatic hydroxyl groups excluding tert-OH is 1. The summed E-state index contributed by atoms with van der Waals surface area (Å²) >= 11 is 6.16. The van der Waals surface area contributed by atoms with Gasteiger partial charge in [0.05, 0.1) is 6.61 Å². The minimum Gasteiger partial charge on any atom is -0.442 e. The van der Waals surface area contributed by atoms with Gasteiger partial charge in [-0.2, -0.15) is 0 Å². The molecular formula is C27H27ClN2O4. The van der Waals surface area contributed by atoms with Gasteiger partial charge in [-0.15, -0.1) is 0 Å². The molecule has 34 heavy (non-hydrogen) atoms. The molecule has 3 aromatic rings. The molecule has 0 fully saturated rings. The van der Waals surface area contributed by atoms with Gasteiger partial charge in [-0.25, -0.2) is 4.79 Å². The Hall–Kier alpha value is -3.48. The van der Waals surface area contributed by atoms with Crippen LogP contribution >= 0.6 is 11.6 Å². The Morgan fingerprint density at radius 1 is 0.971 bits per heavy atom. The van der Waals surface area contributed by atoms with Gasteiger partial charge in [0.25, 0.3) is 0 Å². The Morgan fingerprint density at radius 3 is 2.09 bits per heavy atom. The summed E-state index contributed by atoms with van der Waals surface area (Å²) in [4.78, 5) is 25.5. The van der Waals surface area contributed by atoms with Crippen molar-refractivity contribution in [1.82, 2.24) is 5.32 Å². The molecule has 6 nitrogen and oxygen atoms in total. The number of benzene rings is 3. The van der Waals surface area contributed by atoms with Crippen LogP contribution in [0.25, 0.3) is 0 Å². The van der Waals surface area contributed by atoms with Gasteiger partial charge in [0, 0.05) is 21.9 Å². The third-order valence-electron chi connectivity index (χ3n) is 5.44. The van der Waals surface area contributed by atoms with Gasteiger partial charge in [0.1, 0.15) is 12.1 Å². The second kappa shape index (κ2) is 11.6. The lowest BCUT2D eigenvalue weighted by atomic mass is 9.98. The van der Waals surface area contributed by atoms with Crippen LogP contribution in [0.1, 0.15) is 52.6 Å². The zero-order valence-corrected chi connectivity index (χ0v) is 19.8. The van der Waals surface area contributed by atoms with E-state index in [1.165, 1.54) is 6.92 Å². The molecule has 0 aliphatic carbocycles. The lowest BCUT2D eigenvalue weighted by Crippen LogP contribution is -2.45. The predicted octanol–water partition coefficient (Wildman–Crippen LogP) is 5.50. The van der Waals surface area contributed by atoms with Crippen molar-refractivity contribution in [2.75, 3.05) is 0 Å². The van der Waals surface area contributed by atoms with Crippen LogP contribution in [0.15, 0.2) is 72.8 Å². The fourth-order valence-electron chi connectivity index (χ4n) is 3.50. The molecule has 3 aromatic carbocycles. The highest BCUT2D eigenvalue weighted by molar-refractivity contribution is 6.31. The summed E-state index contributed by atoms with van der Waals surface area (Å²) in [6, 6.07) is 20.6. The maximum Gasteiger partial charge on any atom is 0.408 e. The Bertz CT molecular complexity index is 1160. The first kappa shape index (κ1) is 25.1. The normalized spacial score (nSPS) is 12.5. The number of aliphatic hydroxyl groups is 1. The van der Waals surface area contributed by atoms with Crippen molar-refractivity contribution < 1.29 is 19.4 Å². The predicted molar refractivity (Wildman–Crippen MR) is 133 cm³/mol. The smallest absolute Gasteiger partial charge is 0.408 e. The number of ketones is 1. The van der Waals surface area contributed by atoms with E-state index in [2.05, 4.69) is 5.32 Å². The number of hydrogen-bond acceptors (Lipinski definition) is 5. The van der Waals surface area contributed by atoms with E-state index < -0.39 is 24.0 Å². The summed E-state index contributed by atoms with van der Waals surface area (Å²) < 4.78 is 5.39. The summed E-state index contributed by atoms with van der Waals surface area (Å²) in [6.45, 7) is 3.15. The van der Waals surface area contributed by atoms with Gasteiger partial charge in [0.2, 0.25) is 0 Å². The number of hydrogen-bond donors (Lipinski definition) is 3. The Morgan fingerprint density at radius 2 is 1.53 bits per heavy atom. The number of carbonyl (C=O) groups excluding carboxylic acids is 2. The second-order valence-corrected chi connectivity index (χ2v) is 8.45. The first-order valence-corrected chi connectivity index (χ1v) is 11.2. The van der Waals surface area contributed by atoms with Crippen molar-refractivity contribution in [1.29, 1.82) is 5.41 Å². The zero-order valence-electron chi connectivity index (χ0n) is 19.0. The second-order valence-electron chi connectivity index (χ2n) is 8.04. The molecule has 3 N–H and O–H groups in total. The molecule has 0 heterocycles. The third-order valence-corrected chi connectivity index (χ3v) is 5.78. The first-order chi connectivity index (χ1) is 16.3. The summed E-state index contributed by atoms with van der Waals surface area (Å²) in [7, 11) is 0. The fourth-order valence-corrected chi connectivity index (χ4v) is 3.79. The molecule has 1 amide bonds. The Kier molecular flexibility index (Phi) is 8.57. The number of amides is 1. The van der Waals surface area contributed by atoms with Gasteiger partial charge < -0.3 is 20.6 Å². The number of alkyl carbamates (subject to hydrolysis) is 1. The van der Waals surface area contributed by atoms with Crippen molar-refractivity contribution in [3.05, 3.63) is 106 Å². The average molecular weight is 479 g/mol. The number of nitrogens with one attached hydrogen (secondary N) is 2. The van der Waals surface area contributed by atoms with E-state index in [0.29, 0.717) is 22.6 Å². The topological polar surface area (TPSA) is 99.5 Å². The van der Waals surface area contributed by atoms with Gasteiger partial charge in [-0.05, 0) is 43.0 Å². The van der Waals surface area contributed by atoms with E-state index in [4.69, 9.17) is 26.9 Å². The highest BCUT2D eigenvalue weighted by Crippen LogP contribution is 2.25. The zero-order chi connectivity index (χ0) is 24.7. The molecule has 0 saturated heterocycles. The van der Waals surface area contributed by atoms with Crippen LogP contribution in [0.3, 0.4) is 0 Å². The quantitative estimate of drug-likeness (QED) is 0.279. The number of carbonyl (C=O) groups is 2. The lowest BCUT2D eigenvalue weighted by Gasteiger charge is -2.20. The monoisotopic (exact) mass is 478 g/mol. The van der Waals surface area contributed by atoms with Crippen molar-refractivity contribution in [2.24, 2.45) is 0 Å². The number of halogens is 1. The SMILES string of the molecule is CC(=N)C(NC(=O)OC(C)c1ccccc1Cl)C(=O)c1ccc(Cc2ccc(CO)cc2)cc1. The van der Waals surface area contributed by atoms with E-state index >= 15 is 0 Å². The van der Waals surface area contributed by atoms with Crippen molar-refractivity contribution in [3.63, 3.8) is 0 Å². The fraction of sp³-hybridized carbons (Fsp3) is 0.222. The molecule has 2 atom stereocenters. The Balaban J connectivity index is 1.64. The number of ether oxygens (including phenoxy) is 1. The van der Waals surface area contributed by atoms with Crippen LogP contribution in [0.5, 0.6) is 0 Å². The third kappa shape index (κ3) is 6.53.